The molecule has 0 aromatic heterocycles. The highest BCUT2D eigenvalue weighted by Crippen LogP contribution is 2.34. The minimum atomic E-state index is -0.945. The highest BCUT2D eigenvalue weighted by atomic mass is 16.6. The quantitative estimate of drug-likeness (QED) is 0.861. The second-order valence-electron chi connectivity index (χ2n) is 6.85. The molecule has 1 unspecified atom stereocenters. The SMILES string of the molecule is CC(C)(C)OC(=O)N(C1CC1)C(C(=O)O)C1CCOCC1. The minimum Gasteiger partial charge on any atom is -0.480 e. The molecule has 1 saturated heterocycles. The molecular formula is C15H25NO5. The van der Waals surface area contributed by atoms with Crippen LogP contribution in [0.2, 0.25) is 0 Å². The van der Waals surface area contributed by atoms with E-state index in [1.54, 1.807) is 20.8 Å². The van der Waals surface area contributed by atoms with E-state index < -0.39 is 23.7 Å². The third kappa shape index (κ3) is 4.33. The first-order chi connectivity index (χ1) is 9.79. The van der Waals surface area contributed by atoms with Gasteiger partial charge in [0.25, 0.3) is 0 Å². The van der Waals surface area contributed by atoms with E-state index in [0.29, 0.717) is 26.1 Å². The zero-order chi connectivity index (χ0) is 15.6. The van der Waals surface area contributed by atoms with Crippen molar-refractivity contribution >= 4 is 12.1 Å². The van der Waals surface area contributed by atoms with E-state index in [1.807, 2.05) is 0 Å². The van der Waals surface area contributed by atoms with E-state index in [0.717, 1.165) is 12.8 Å². The van der Waals surface area contributed by atoms with Gasteiger partial charge in [0.2, 0.25) is 0 Å². The summed E-state index contributed by atoms with van der Waals surface area (Å²) in [7, 11) is 0. The van der Waals surface area contributed by atoms with Crippen LogP contribution in [0.1, 0.15) is 46.5 Å². The lowest BCUT2D eigenvalue weighted by molar-refractivity contribution is -0.147. The van der Waals surface area contributed by atoms with Gasteiger partial charge in [-0.15, -0.1) is 0 Å². The highest BCUT2D eigenvalue weighted by Gasteiger charge is 2.46. The Labute approximate surface area is 125 Å². The molecule has 1 saturated carbocycles. The maximum absolute atomic E-state index is 12.4. The Balaban J connectivity index is 2.16. The van der Waals surface area contributed by atoms with Gasteiger partial charge in [-0.25, -0.2) is 9.59 Å². The molecule has 0 aromatic rings. The van der Waals surface area contributed by atoms with Crippen LogP contribution in [0.15, 0.2) is 0 Å². The maximum Gasteiger partial charge on any atom is 0.411 e. The number of ether oxygens (including phenoxy) is 2. The molecule has 0 bridgehead atoms. The second kappa shape index (κ2) is 6.22. The van der Waals surface area contributed by atoms with Crippen molar-refractivity contribution in [2.24, 2.45) is 5.92 Å². The van der Waals surface area contributed by atoms with Crippen LogP contribution in [-0.2, 0) is 14.3 Å². The van der Waals surface area contributed by atoms with Crippen LogP contribution in [0.4, 0.5) is 4.79 Å². The van der Waals surface area contributed by atoms with Crippen molar-refractivity contribution < 1.29 is 24.2 Å². The molecule has 2 fully saturated rings. The number of hydrogen-bond acceptors (Lipinski definition) is 4. The zero-order valence-corrected chi connectivity index (χ0v) is 13.0. The first-order valence-electron chi connectivity index (χ1n) is 7.61. The summed E-state index contributed by atoms with van der Waals surface area (Å²) in [6.45, 7) is 6.49. The van der Waals surface area contributed by atoms with Gasteiger partial charge in [-0.05, 0) is 52.4 Å². The molecule has 2 rings (SSSR count). The molecule has 0 spiro atoms. The lowest BCUT2D eigenvalue weighted by Gasteiger charge is -2.37. The molecule has 1 N–H and O–H groups in total. The Kier molecular flexibility index (Phi) is 4.76. The van der Waals surface area contributed by atoms with E-state index in [2.05, 4.69) is 0 Å². The molecule has 1 aliphatic carbocycles. The fourth-order valence-corrected chi connectivity index (χ4v) is 2.74. The molecule has 120 valence electrons. The fourth-order valence-electron chi connectivity index (χ4n) is 2.74. The predicted octanol–water partition coefficient (Wildman–Crippen LogP) is 2.27. The van der Waals surface area contributed by atoms with Gasteiger partial charge in [0.1, 0.15) is 11.6 Å². The van der Waals surface area contributed by atoms with Crippen molar-refractivity contribution in [2.45, 2.75) is 64.1 Å². The lowest BCUT2D eigenvalue weighted by Crippen LogP contribution is -2.52. The first kappa shape index (κ1) is 16.1. The molecule has 2 aliphatic rings. The number of amides is 1. The van der Waals surface area contributed by atoms with Gasteiger partial charge in [-0.3, -0.25) is 4.90 Å². The first-order valence-corrected chi connectivity index (χ1v) is 7.61. The van der Waals surface area contributed by atoms with E-state index in [1.165, 1.54) is 4.90 Å². The van der Waals surface area contributed by atoms with Gasteiger partial charge in [0.15, 0.2) is 0 Å². The van der Waals surface area contributed by atoms with E-state index in [-0.39, 0.29) is 12.0 Å². The number of carboxylic acid groups (broad SMARTS) is 1. The fraction of sp³-hybridized carbons (Fsp3) is 0.867. The van der Waals surface area contributed by atoms with E-state index >= 15 is 0 Å². The van der Waals surface area contributed by atoms with Gasteiger partial charge in [-0.2, -0.15) is 0 Å². The zero-order valence-electron chi connectivity index (χ0n) is 13.0. The Morgan fingerprint density at radius 2 is 1.76 bits per heavy atom. The highest BCUT2D eigenvalue weighted by molar-refractivity contribution is 5.81. The number of carboxylic acids is 1. The summed E-state index contributed by atoms with van der Waals surface area (Å²) >= 11 is 0. The molecule has 1 atom stereocenters. The van der Waals surface area contributed by atoms with Gasteiger partial charge in [0, 0.05) is 19.3 Å². The Morgan fingerprint density at radius 3 is 2.19 bits per heavy atom. The number of carbonyl (C=O) groups excluding carboxylic acids is 1. The maximum atomic E-state index is 12.4. The molecule has 1 heterocycles. The average molecular weight is 299 g/mol. The number of rotatable bonds is 4. The summed E-state index contributed by atoms with van der Waals surface area (Å²) < 4.78 is 10.7. The smallest absolute Gasteiger partial charge is 0.411 e. The van der Waals surface area contributed by atoms with Crippen molar-refractivity contribution in [3.05, 3.63) is 0 Å². The van der Waals surface area contributed by atoms with Gasteiger partial charge in [0.05, 0.1) is 0 Å². The standard InChI is InChI=1S/C15H25NO5/c1-15(2,3)21-14(19)16(11-4-5-11)12(13(17)18)10-6-8-20-9-7-10/h10-12H,4-9H2,1-3H3,(H,17,18). The molecule has 6 nitrogen and oxygen atoms in total. The van der Waals surface area contributed by atoms with Gasteiger partial charge < -0.3 is 14.6 Å². The molecule has 1 amide bonds. The lowest BCUT2D eigenvalue weighted by atomic mass is 9.90. The van der Waals surface area contributed by atoms with Crippen LogP contribution in [0, 0.1) is 5.92 Å². The third-order valence-corrected chi connectivity index (χ3v) is 3.81. The number of nitrogens with zero attached hydrogens (tertiary/aromatic N) is 1. The van der Waals surface area contributed by atoms with E-state index in [9.17, 15) is 14.7 Å². The minimum absolute atomic E-state index is 0.00351. The van der Waals surface area contributed by atoms with Crippen molar-refractivity contribution in [1.82, 2.24) is 4.90 Å². The van der Waals surface area contributed by atoms with Crippen LogP contribution in [0.25, 0.3) is 0 Å². The van der Waals surface area contributed by atoms with Crippen molar-refractivity contribution in [3.63, 3.8) is 0 Å². The summed E-state index contributed by atoms with van der Waals surface area (Å²) in [5.74, 6) is -1.01. The predicted molar refractivity (Wildman–Crippen MR) is 76.1 cm³/mol. The average Bonchev–Trinajstić information content (AvgIpc) is 3.18. The number of hydrogen-bond donors (Lipinski definition) is 1. The summed E-state index contributed by atoms with van der Waals surface area (Å²) in [5, 5.41) is 9.63. The van der Waals surface area contributed by atoms with Crippen LogP contribution < -0.4 is 0 Å². The van der Waals surface area contributed by atoms with Gasteiger partial charge in [-0.1, -0.05) is 0 Å². The molecule has 0 aromatic carbocycles. The third-order valence-electron chi connectivity index (χ3n) is 3.81. The summed E-state index contributed by atoms with van der Waals surface area (Å²) in [6.07, 6.45) is 2.54. The molecular weight excluding hydrogens is 274 g/mol. The normalized spacial score (nSPS) is 21.7. The van der Waals surface area contributed by atoms with Crippen LogP contribution in [-0.4, -0.2) is 53.0 Å². The topological polar surface area (TPSA) is 76.1 Å². The Morgan fingerprint density at radius 1 is 1.19 bits per heavy atom. The van der Waals surface area contributed by atoms with Crippen LogP contribution in [0.3, 0.4) is 0 Å². The van der Waals surface area contributed by atoms with Crippen LogP contribution in [0.5, 0.6) is 0 Å². The molecule has 6 heteroatoms. The van der Waals surface area contributed by atoms with Crippen molar-refractivity contribution in [2.75, 3.05) is 13.2 Å². The molecule has 0 radical (unpaired) electrons. The Hall–Kier alpha value is -1.30. The second-order valence-corrected chi connectivity index (χ2v) is 6.85. The summed E-state index contributed by atoms with van der Waals surface area (Å²) in [6, 6.07) is -0.806. The largest absolute Gasteiger partial charge is 0.480 e. The van der Waals surface area contributed by atoms with Crippen molar-refractivity contribution in [3.8, 4) is 0 Å². The molecule has 21 heavy (non-hydrogen) atoms. The van der Waals surface area contributed by atoms with Crippen molar-refractivity contribution in [1.29, 1.82) is 0 Å². The molecule has 1 aliphatic heterocycles. The summed E-state index contributed by atoms with van der Waals surface area (Å²) in [5.41, 5.74) is -0.622. The number of carbonyl (C=O) groups is 2. The van der Waals surface area contributed by atoms with Gasteiger partial charge >= 0.3 is 12.1 Å². The summed E-state index contributed by atoms with van der Waals surface area (Å²) in [4.78, 5) is 25.7. The Bertz CT molecular complexity index is 393. The van der Waals surface area contributed by atoms with Crippen LogP contribution >= 0.6 is 0 Å². The van der Waals surface area contributed by atoms with E-state index in [4.69, 9.17) is 9.47 Å². The number of aliphatic carboxylic acids is 1. The monoisotopic (exact) mass is 299 g/mol.